The molecule has 2 N–H and O–H groups in total. The van der Waals surface area contributed by atoms with E-state index < -0.39 is 0 Å². The van der Waals surface area contributed by atoms with Gasteiger partial charge in [0.2, 0.25) is 11.8 Å². The number of primary amides is 1. The molecule has 0 aliphatic carbocycles. The molecule has 1 fully saturated rings. The zero-order valence-corrected chi connectivity index (χ0v) is 14.5. The molecule has 0 radical (unpaired) electrons. The second-order valence-electron chi connectivity index (χ2n) is 5.99. The summed E-state index contributed by atoms with van der Waals surface area (Å²) in [4.78, 5) is 25.4. The molecule has 0 saturated carbocycles. The number of fused-ring (bicyclic) bond motifs is 1. The zero-order valence-electron chi connectivity index (χ0n) is 12.9. The van der Waals surface area contributed by atoms with E-state index in [1.54, 1.807) is 0 Å². The lowest BCUT2D eigenvalue weighted by Crippen LogP contribution is -2.41. The third-order valence-electron chi connectivity index (χ3n) is 4.58. The van der Waals surface area contributed by atoms with Gasteiger partial charge in [-0.25, -0.2) is 0 Å². The van der Waals surface area contributed by atoms with Crippen molar-refractivity contribution in [3.05, 3.63) is 34.9 Å². The van der Waals surface area contributed by atoms with Gasteiger partial charge in [-0.05, 0) is 31.0 Å². The minimum absolute atomic E-state index is 0.0789. The number of nitrogens with zero attached hydrogens (tertiary/aromatic N) is 2. The first-order valence-electron chi connectivity index (χ1n) is 7.86. The summed E-state index contributed by atoms with van der Waals surface area (Å²) in [5, 5.41) is 1.15. The van der Waals surface area contributed by atoms with Crippen LogP contribution in [-0.4, -0.2) is 34.4 Å². The number of hydrogen-bond donors (Lipinski definition) is 1. The van der Waals surface area contributed by atoms with Gasteiger partial charge >= 0.3 is 0 Å². The van der Waals surface area contributed by atoms with Crippen LogP contribution in [0.15, 0.2) is 34.9 Å². The number of rotatable bonds is 4. The Labute approximate surface area is 143 Å². The first kappa shape index (κ1) is 16.1. The molecular weight excluding hydrogens is 358 g/mol. The Bertz CT molecular complexity index is 733. The Morgan fingerprint density at radius 2 is 1.96 bits per heavy atom. The molecule has 1 aliphatic rings. The van der Waals surface area contributed by atoms with E-state index in [0.717, 1.165) is 15.4 Å². The van der Waals surface area contributed by atoms with Crippen molar-refractivity contribution in [2.75, 3.05) is 13.1 Å². The van der Waals surface area contributed by atoms with E-state index in [4.69, 9.17) is 5.73 Å². The summed E-state index contributed by atoms with van der Waals surface area (Å²) in [5.41, 5.74) is 6.45. The number of benzene rings is 1. The molecule has 2 heterocycles. The monoisotopic (exact) mass is 377 g/mol. The molecule has 23 heavy (non-hydrogen) atoms. The predicted molar refractivity (Wildman–Crippen MR) is 92.8 cm³/mol. The Morgan fingerprint density at radius 1 is 1.22 bits per heavy atom. The van der Waals surface area contributed by atoms with E-state index >= 15 is 0 Å². The molecule has 1 aromatic heterocycles. The number of amides is 2. The van der Waals surface area contributed by atoms with Crippen LogP contribution < -0.4 is 5.73 Å². The predicted octanol–water partition coefficient (Wildman–Crippen LogP) is 2.52. The van der Waals surface area contributed by atoms with Crippen LogP contribution in [0.1, 0.15) is 19.3 Å². The smallest absolute Gasteiger partial charge is 0.224 e. The maximum absolute atomic E-state index is 12.4. The van der Waals surface area contributed by atoms with Crippen molar-refractivity contribution < 1.29 is 9.59 Å². The molecule has 3 rings (SSSR count). The lowest BCUT2D eigenvalue weighted by atomic mass is 9.96. The van der Waals surface area contributed by atoms with Gasteiger partial charge in [0.25, 0.3) is 0 Å². The van der Waals surface area contributed by atoms with Crippen molar-refractivity contribution in [2.45, 2.75) is 25.8 Å². The third kappa shape index (κ3) is 3.42. The van der Waals surface area contributed by atoms with Gasteiger partial charge in [-0.2, -0.15) is 0 Å². The normalized spacial score (nSPS) is 16.0. The van der Waals surface area contributed by atoms with Gasteiger partial charge in [-0.1, -0.05) is 22.0 Å². The molecule has 0 atom stereocenters. The van der Waals surface area contributed by atoms with Crippen LogP contribution in [-0.2, 0) is 16.1 Å². The van der Waals surface area contributed by atoms with Crippen molar-refractivity contribution in [3.63, 3.8) is 0 Å². The molecule has 5 nitrogen and oxygen atoms in total. The van der Waals surface area contributed by atoms with Crippen LogP contribution >= 0.6 is 15.9 Å². The fourth-order valence-corrected chi connectivity index (χ4v) is 3.66. The van der Waals surface area contributed by atoms with Crippen molar-refractivity contribution >= 4 is 38.6 Å². The summed E-state index contributed by atoms with van der Waals surface area (Å²) in [6.07, 6.45) is 3.85. The lowest BCUT2D eigenvalue weighted by Gasteiger charge is -2.30. The third-order valence-corrected chi connectivity index (χ3v) is 5.27. The number of aromatic nitrogens is 1. The molecule has 122 valence electrons. The fourth-order valence-electron chi connectivity index (χ4n) is 3.17. The molecule has 0 unspecified atom stereocenters. The summed E-state index contributed by atoms with van der Waals surface area (Å²) in [7, 11) is 0. The highest BCUT2D eigenvalue weighted by molar-refractivity contribution is 9.10. The quantitative estimate of drug-likeness (QED) is 0.889. The summed E-state index contributed by atoms with van der Waals surface area (Å²) < 4.78 is 3.17. The second-order valence-corrected chi connectivity index (χ2v) is 6.84. The molecule has 2 amide bonds. The Hall–Kier alpha value is -1.82. The van der Waals surface area contributed by atoms with Gasteiger partial charge < -0.3 is 15.2 Å². The zero-order chi connectivity index (χ0) is 16.4. The van der Waals surface area contributed by atoms with E-state index in [0.29, 0.717) is 38.9 Å². The number of likely N-dealkylation sites (tertiary alicyclic amines) is 1. The maximum atomic E-state index is 12.4. The number of hydrogen-bond acceptors (Lipinski definition) is 2. The highest BCUT2D eigenvalue weighted by Crippen LogP contribution is 2.25. The maximum Gasteiger partial charge on any atom is 0.224 e. The lowest BCUT2D eigenvalue weighted by molar-refractivity contribution is -0.135. The highest BCUT2D eigenvalue weighted by atomic mass is 79.9. The number of piperidine rings is 1. The minimum atomic E-state index is -0.249. The van der Waals surface area contributed by atoms with Gasteiger partial charge in [0.05, 0.1) is 0 Å². The van der Waals surface area contributed by atoms with Gasteiger partial charge in [0, 0.05) is 53.5 Å². The summed E-state index contributed by atoms with van der Waals surface area (Å²) in [6.45, 7) is 1.92. The Morgan fingerprint density at radius 3 is 2.65 bits per heavy atom. The van der Waals surface area contributed by atoms with Crippen LogP contribution in [0.2, 0.25) is 0 Å². The van der Waals surface area contributed by atoms with Crippen molar-refractivity contribution in [2.24, 2.45) is 11.7 Å². The van der Waals surface area contributed by atoms with E-state index in [9.17, 15) is 9.59 Å². The first-order chi connectivity index (χ1) is 11.1. The molecule has 0 spiro atoms. The largest absolute Gasteiger partial charge is 0.369 e. The average molecular weight is 378 g/mol. The SMILES string of the molecule is NC(=O)C1CCN(C(=O)CCn2ccc3c(Br)cccc32)CC1. The number of aryl methyl sites for hydroxylation is 1. The number of nitrogens with two attached hydrogens (primary N) is 1. The molecule has 6 heteroatoms. The van der Waals surface area contributed by atoms with E-state index in [-0.39, 0.29) is 17.7 Å². The first-order valence-corrected chi connectivity index (χ1v) is 8.66. The number of halogens is 1. The average Bonchev–Trinajstić information content (AvgIpc) is 2.97. The molecule has 0 bridgehead atoms. The van der Waals surface area contributed by atoms with E-state index in [2.05, 4.69) is 32.6 Å². The standard InChI is InChI=1S/C17H20BrN3O2/c18-14-2-1-3-15-13(14)6-10-20(15)11-7-16(22)21-8-4-12(5-9-21)17(19)23/h1-3,6,10,12H,4-5,7-9,11H2,(H2,19,23). The number of carbonyl (C=O) groups is 2. The number of carbonyl (C=O) groups excluding carboxylic acids is 2. The molecule has 2 aromatic rings. The van der Waals surface area contributed by atoms with Gasteiger partial charge in [-0.15, -0.1) is 0 Å². The van der Waals surface area contributed by atoms with Crippen LogP contribution in [0.3, 0.4) is 0 Å². The topological polar surface area (TPSA) is 68.3 Å². The molecule has 1 saturated heterocycles. The van der Waals surface area contributed by atoms with Gasteiger partial charge in [0.15, 0.2) is 0 Å². The van der Waals surface area contributed by atoms with E-state index in [1.165, 1.54) is 0 Å². The Kier molecular flexibility index (Phi) is 4.71. The Balaban J connectivity index is 1.59. The van der Waals surface area contributed by atoms with Crippen molar-refractivity contribution in [3.8, 4) is 0 Å². The van der Waals surface area contributed by atoms with E-state index in [1.807, 2.05) is 23.2 Å². The minimum Gasteiger partial charge on any atom is -0.369 e. The second kappa shape index (κ2) is 6.74. The summed E-state index contributed by atoms with van der Waals surface area (Å²) in [5.74, 6) is -0.184. The molecular formula is C17H20BrN3O2. The fraction of sp³-hybridized carbons (Fsp3) is 0.412. The van der Waals surface area contributed by atoms with Crippen LogP contribution in [0.25, 0.3) is 10.9 Å². The van der Waals surface area contributed by atoms with Gasteiger partial charge in [-0.3, -0.25) is 9.59 Å². The highest BCUT2D eigenvalue weighted by Gasteiger charge is 2.25. The van der Waals surface area contributed by atoms with Crippen LogP contribution in [0.4, 0.5) is 0 Å². The van der Waals surface area contributed by atoms with Gasteiger partial charge in [0.1, 0.15) is 0 Å². The van der Waals surface area contributed by atoms with Crippen molar-refractivity contribution in [1.29, 1.82) is 0 Å². The van der Waals surface area contributed by atoms with Crippen LogP contribution in [0.5, 0.6) is 0 Å². The van der Waals surface area contributed by atoms with Crippen molar-refractivity contribution in [1.82, 2.24) is 9.47 Å². The summed E-state index contributed by atoms with van der Waals surface area (Å²) >= 11 is 3.54. The molecule has 1 aromatic carbocycles. The summed E-state index contributed by atoms with van der Waals surface area (Å²) in [6, 6.07) is 8.13. The molecule has 1 aliphatic heterocycles. The van der Waals surface area contributed by atoms with Crippen LogP contribution in [0, 0.1) is 5.92 Å².